The maximum Gasteiger partial charge on any atom is 0.268 e. The first kappa shape index (κ1) is 21.0. The molecule has 2 heterocycles. The summed E-state index contributed by atoms with van der Waals surface area (Å²) >= 11 is 1.28. The highest BCUT2D eigenvalue weighted by Crippen LogP contribution is 2.29. The molecule has 0 fully saturated rings. The zero-order valence-corrected chi connectivity index (χ0v) is 17.3. The molecule has 0 radical (unpaired) electrons. The van der Waals surface area contributed by atoms with Crippen LogP contribution in [-0.4, -0.2) is 28.2 Å². The maximum atomic E-state index is 12.4. The predicted octanol–water partition coefficient (Wildman–Crippen LogP) is 3.63. The number of rotatable bonds is 8. The van der Waals surface area contributed by atoms with Gasteiger partial charge in [-0.15, -0.1) is 10.2 Å². The molecule has 1 aromatic carbocycles. The van der Waals surface area contributed by atoms with E-state index in [0.717, 1.165) is 17.0 Å². The molecular weight excluding hydrogens is 402 g/mol. The zero-order chi connectivity index (χ0) is 21.3. The first-order chi connectivity index (χ1) is 14.6. The lowest BCUT2D eigenvalue weighted by Crippen LogP contribution is -2.13. The van der Waals surface area contributed by atoms with Crippen LogP contribution in [0.4, 0.5) is 5.13 Å². The molecule has 152 valence electrons. The molecule has 30 heavy (non-hydrogen) atoms. The van der Waals surface area contributed by atoms with E-state index >= 15 is 0 Å². The molecule has 0 unspecified atom stereocenters. The minimum absolute atomic E-state index is 0.0608. The Morgan fingerprint density at radius 3 is 2.83 bits per heavy atom. The Morgan fingerprint density at radius 1 is 1.30 bits per heavy atom. The number of nitriles is 1. The van der Waals surface area contributed by atoms with Crippen LogP contribution in [0.1, 0.15) is 23.1 Å². The van der Waals surface area contributed by atoms with Gasteiger partial charge in [0.25, 0.3) is 5.91 Å². The van der Waals surface area contributed by atoms with Crippen molar-refractivity contribution >= 4 is 28.5 Å². The number of hydrogen-bond acceptors (Lipinski definition) is 8. The number of ether oxygens (including phenoxy) is 2. The monoisotopic (exact) mass is 421 g/mol. The number of anilines is 1. The van der Waals surface area contributed by atoms with Crippen LogP contribution in [0.2, 0.25) is 0 Å². The molecule has 2 aromatic heterocycles. The van der Waals surface area contributed by atoms with Crippen LogP contribution in [-0.2, 0) is 17.8 Å². The summed E-state index contributed by atoms with van der Waals surface area (Å²) in [5, 5.41) is 21.0. The van der Waals surface area contributed by atoms with E-state index in [0.29, 0.717) is 28.8 Å². The Labute approximate surface area is 177 Å². The number of benzene rings is 1. The van der Waals surface area contributed by atoms with Crippen LogP contribution in [0, 0.1) is 11.3 Å². The summed E-state index contributed by atoms with van der Waals surface area (Å²) in [7, 11) is 1.53. The van der Waals surface area contributed by atoms with Crippen LogP contribution in [0.5, 0.6) is 11.5 Å². The van der Waals surface area contributed by atoms with Gasteiger partial charge in [0.15, 0.2) is 11.5 Å². The summed E-state index contributed by atoms with van der Waals surface area (Å²) in [6.07, 6.45) is 5.62. The molecule has 0 saturated heterocycles. The lowest BCUT2D eigenvalue weighted by molar-refractivity contribution is -0.112. The molecule has 0 spiro atoms. The van der Waals surface area contributed by atoms with Crippen molar-refractivity contribution in [1.29, 1.82) is 5.26 Å². The fourth-order valence-corrected chi connectivity index (χ4v) is 3.14. The second-order valence-corrected chi connectivity index (χ2v) is 7.10. The van der Waals surface area contributed by atoms with Gasteiger partial charge in [0.1, 0.15) is 23.3 Å². The molecular formula is C21H19N5O3S. The van der Waals surface area contributed by atoms with Crippen LogP contribution in [0.15, 0.2) is 48.3 Å². The number of nitrogens with one attached hydrogen (secondary N) is 1. The summed E-state index contributed by atoms with van der Waals surface area (Å²) in [5.41, 5.74) is 1.49. The number of aromatic nitrogens is 3. The third-order valence-corrected chi connectivity index (χ3v) is 4.95. The van der Waals surface area contributed by atoms with Crippen molar-refractivity contribution in [1.82, 2.24) is 15.2 Å². The minimum Gasteiger partial charge on any atom is -0.493 e. The highest BCUT2D eigenvalue weighted by atomic mass is 32.1. The Bertz CT molecular complexity index is 1090. The van der Waals surface area contributed by atoms with E-state index in [4.69, 9.17) is 9.47 Å². The van der Waals surface area contributed by atoms with Crippen molar-refractivity contribution in [3.63, 3.8) is 0 Å². The maximum absolute atomic E-state index is 12.4. The van der Waals surface area contributed by atoms with Gasteiger partial charge in [-0.3, -0.25) is 15.1 Å². The second-order valence-electron chi connectivity index (χ2n) is 6.04. The third kappa shape index (κ3) is 5.40. The van der Waals surface area contributed by atoms with Gasteiger partial charge in [0.2, 0.25) is 5.13 Å². The fraction of sp³-hybridized carbons (Fsp3) is 0.190. The van der Waals surface area contributed by atoms with Crippen molar-refractivity contribution in [2.75, 3.05) is 12.4 Å². The smallest absolute Gasteiger partial charge is 0.268 e. The Hall–Kier alpha value is -3.77. The Morgan fingerprint density at radius 2 is 2.17 bits per heavy atom. The highest BCUT2D eigenvalue weighted by molar-refractivity contribution is 7.15. The van der Waals surface area contributed by atoms with Crippen molar-refractivity contribution in [2.24, 2.45) is 0 Å². The van der Waals surface area contributed by atoms with Crippen molar-refractivity contribution in [3.8, 4) is 17.6 Å². The largest absolute Gasteiger partial charge is 0.493 e. The van der Waals surface area contributed by atoms with Gasteiger partial charge in [0, 0.05) is 18.0 Å². The average molecular weight is 421 g/mol. The molecule has 3 rings (SSSR count). The molecule has 1 N–H and O–H groups in total. The molecule has 0 aliphatic heterocycles. The van der Waals surface area contributed by atoms with E-state index < -0.39 is 5.91 Å². The number of hydrogen-bond donors (Lipinski definition) is 1. The fourth-order valence-electron chi connectivity index (χ4n) is 2.46. The van der Waals surface area contributed by atoms with E-state index in [2.05, 4.69) is 20.5 Å². The zero-order valence-electron chi connectivity index (χ0n) is 16.5. The van der Waals surface area contributed by atoms with E-state index in [1.54, 1.807) is 30.6 Å². The Kier molecular flexibility index (Phi) is 7.08. The standard InChI is InChI=1S/C21H19N5O3S/c1-3-19-25-26-21(30-19)24-20(27)16(11-22)9-14-6-7-17(18(10-14)28-2)29-13-15-5-4-8-23-12-15/h4-10,12H,3,13H2,1-2H3,(H,24,26,27). The van der Waals surface area contributed by atoms with Gasteiger partial charge in [-0.05, 0) is 36.3 Å². The van der Waals surface area contributed by atoms with E-state index in [-0.39, 0.29) is 5.57 Å². The van der Waals surface area contributed by atoms with Gasteiger partial charge in [0.05, 0.1) is 7.11 Å². The first-order valence-electron chi connectivity index (χ1n) is 9.08. The lowest BCUT2D eigenvalue weighted by Gasteiger charge is -2.11. The van der Waals surface area contributed by atoms with Crippen LogP contribution >= 0.6 is 11.3 Å². The summed E-state index contributed by atoms with van der Waals surface area (Å²) in [6, 6.07) is 10.8. The molecule has 9 heteroatoms. The first-order valence-corrected chi connectivity index (χ1v) is 9.89. The van der Waals surface area contributed by atoms with Gasteiger partial charge in [-0.2, -0.15) is 5.26 Å². The third-order valence-electron chi connectivity index (χ3n) is 3.97. The molecule has 0 aliphatic carbocycles. The van der Waals surface area contributed by atoms with Crippen molar-refractivity contribution < 1.29 is 14.3 Å². The van der Waals surface area contributed by atoms with E-state index in [1.165, 1.54) is 24.5 Å². The summed E-state index contributed by atoms with van der Waals surface area (Å²) in [6.45, 7) is 2.29. The number of amides is 1. The van der Waals surface area contributed by atoms with Crippen molar-refractivity contribution in [3.05, 3.63) is 64.4 Å². The average Bonchev–Trinajstić information content (AvgIpc) is 3.24. The predicted molar refractivity (Wildman–Crippen MR) is 113 cm³/mol. The quantitative estimate of drug-likeness (QED) is 0.437. The summed E-state index contributed by atoms with van der Waals surface area (Å²) in [4.78, 5) is 16.5. The van der Waals surface area contributed by atoms with Crippen LogP contribution < -0.4 is 14.8 Å². The molecule has 1 amide bonds. The second kappa shape index (κ2) is 10.1. The number of methoxy groups -OCH3 is 1. The van der Waals surface area contributed by atoms with Crippen molar-refractivity contribution in [2.45, 2.75) is 20.0 Å². The highest BCUT2D eigenvalue weighted by Gasteiger charge is 2.13. The number of nitrogens with zero attached hydrogens (tertiary/aromatic N) is 4. The molecule has 8 nitrogen and oxygen atoms in total. The molecule has 0 atom stereocenters. The van der Waals surface area contributed by atoms with E-state index in [9.17, 15) is 10.1 Å². The number of carbonyl (C=O) groups excluding carboxylic acids is 1. The molecule has 3 aromatic rings. The van der Waals surface area contributed by atoms with Gasteiger partial charge in [-0.25, -0.2) is 0 Å². The van der Waals surface area contributed by atoms with Gasteiger partial charge < -0.3 is 9.47 Å². The Balaban J connectivity index is 1.73. The van der Waals surface area contributed by atoms with Crippen LogP contribution in [0.3, 0.4) is 0 Å². The number of pyridine rings is 1. The van der Waals surface area contributed by atoms with Gasteiger partial charge >= 0.3 is 0 Å². The lowest BCUT2D eigenvalue weighted by atomic mass is 10.1. The van der Waals surface area contributed by atoms with E-state index in [1.807, 2.05) is 25.1 Å². The summed E-state index contributed by atoms with van der Waals surface area (Å²) < 4.78 is 11.2. The molecule has 0 bridgehead atoms. The number of aryl methyl sites for hydroxylation is 1. The summed E-state index contributed by atoms with van der Waals surface area (Å²) in [5.74, 6) is 0.483. The topological polar surface area (TPSA) is 110 Å². The van der Waals surface area contributed by atoms with Gasteiger partial charge in [-0.1, -0.05) is 30.4 Å². The van der Waals surface area contributed by atoms with Crippen LogP contribution in [0.25, 0.3) is 6.08 Å². The minimum atomic E-state index is -0.549. The molecule has 0 saturated carbocycles. The SMILES string of the molecule is CCc1nnc(NC(=O)C(C#N)=Cc2ccc(OCc3cccnc3)c(OC)c2)s1. The molecule has 0 aliphatic rings. The normalized spacial score (nSPS) is 10.9. The number of carbonyl (C=O) groups is 1.